The van der Waals surface area contributed by atoms with Crippen molar-refractivity contribution in [2.45, 2.75) is 118 Å². The summed E-state index contributed by atoms with van der Waals surface area (Å²) in [6.07, 6.45) is 9.41. The maximum atomic E-state index is 12.2. The van der Waals surface area contributed by atoms with Gasteiger partial charge in [-0.25, -0.2) is 9.59 Å². The van der Waals surface area contributed by atoms with E-state index < -0.39 is 6.29 Å². The highest BCUT2D eigenvalue weighted by Crippen LogP contribution is 2.18. The molecular weight excluding hydrogens is 360 g/mol. The monoisotopic (exact) mass is 402 g/mol. The highest BCUT2D eigenvalue weighted by atomic mass is 17.3. The Kier molecular flexibility index (Phi) is 17.2. The number of hydrogen-bond donors (Lipinski definition) is 0. The Hall–Kier alpha value is -1.14. The summed E-state index contributed by atoms with van der Waals surface area (Å²) in [6.45, 7) is 10.2. The zero-order valence-electron chi connectivity index (χ0n) is 18.7. The van der Waals surface area contributed by atoms with Gasteiger partial charge in [-0.05, 0) is 32.1 Å². The predicted octanol–water partition coefficient (Wildman–Crippen LogP) is 6.28. The van der Waals surface area contributed by atoms with Gasteiger partial charge in [-0.2, -0.15) is 0 Å². The van der Waals surface area contributed by atoms with E-state index in [4.69, 9.17) is 19.6 Å². The standard InChI is InChI=1S/C22H42O6/c1-6-11-14-17-20(25-27-21(23)18(9-4)15-12-7-2)26-28-22(24)19(10-5)16-13-8-3/h18-20H,6-17H2,1-5H3. The largest absolute Gasteiger partial charge is 0.345 e. The summed E-state index contributed by atoms with van der Waals surface area (Å²) in [5, 5.41) is 0. The molecule has 0 radical (unpaired) electrons. The predicted molar refractivity (Wildman–Crippen MR) is 109 cm³/mol. The van der Waals surface area contributed by atoms with E-state index in [-0.39, 0.29) is 23.8 Å². The molecule has 166 valence electrons. The first-order valence-electron chi connectivity index (χ1n) is 11.3. The molecule has 0 spiro atoms. The lowest BCUT2D eigenvalue weighted by Gasteiger charge is -2.19. The van der Waals surface area contributed by atoms with Crippen molar-refractivity contribution in [2.75, 3.05) is 0 Å². The molecule has 0 bridgehead atoms. The van der Waals surface area contributed by atoms with E-state index in [1.165, 1.54) is 0 Å². The van der Waals surface area contributed by atoms with Gasteiger partial charge in [0.1, 0.15) is 0 Å². The van der Waals surface area contributed by atoms with Gasteiger partial charge in [-0.3, -0.25) is 9.78 Å². The van der Waals surface area contributed by atoms with Crippen LogP contribution in [0.15, 0.2) is 0 Å². The Balaban J connectivity index is 4.58. The van der Waals surface area contributed by atoms with Crippen LogP contribution in [0.25, 0.3) is 0 Å². The lowest BCUT2D eigenvalue weighted by molar-refractivity contribution is -0.432. The van der Waals surface area contributed by atoms with Crippen molar-refractivity contribution in [1.82, 2.24) is 0 Å². The molecule has 0 aromatic carbocycles. The van der Waals surface area contributed by atoms with E-state index in [0.29, 0.717) is 19.3 Å². The minimum atomic E-state index is -0.896. The molecule has 0 aromatic rings. The summed E-state index contributed by atoms with van der Waals surface area (Å²) in [7, 11) is 0. The molecule has 0 aromatic heterocycles. The molecule has 2 unspecified atom stereocenters. The first-order chi connectivity index (χ1) is 13.5. The van der Waals surface area contributed by atoms with Crippen LogP contribution in [0.2, 0.25) is 0 Å². The average Bonchev–Trinajstić information content (AvgIpc) is 2.70. The second kappa shape index (κ2) is 17.9. The molecule has 0 rings (SSSR count). The summed E-state index contributed by atoms with van der Waals surface area (Å²) in [6, 6.07) is 0. The van der Waals surface area contributed by atoms with Crippen LogP contribution in [-0.2, 0) is 29.1 Å². The van der Waals surface area contributed by atoms with Gasteiger partial charge < -0.3 is 0 Å². The maximum absolute atomic E-state index is 12.2. The van der Waals surface area contributed by atoms with Crippen molar-refractivity contribution < 1.29 is 29.1 Å². The minimum Gasteiger partial charge on any atom is -0.295 e. The highest BCUT2D eigenvalue weighted by Gasteiger charge is 2.24. The zero-order valence-corrected chi connectivity index (χ0v) is 18.7. The van der Waals surface area contributed by atoms with Crippen LogP contribution in [0.1, 0.15) is 112 Å². The van der Waals surface area contributed by atoms with E-state index >= 15 is 0 Å². The third-order valence-corrected chi connectivity index (χ3v) is 4.98. The second-order valence-electron chi connectivity index (χ2n) is 7.42. The van der Waals surface area contributed by atoms with Gasteiger partial charge in [0, 0.05) is 6.42 Å². The summed E-state index contributed by atoms with van der Waals surface area (Å²) in [5.74, 6) is -1.14. The molecule has 0 N–H and O–H groups in total. The Bertz CT molecular complexity index is 366. The van der Waals surface area contributed by atoms with Gasteiger partial charge in [-0.15, -0.1) is 9.78 Å². The van der Waals surface area contributed by atoms with Crippen molar-refractivity contribution in [2.24, 2.45) is 11.8 Å². The summed E-state index contributed by atoms with van der Waals surface area (Å²) in [5.41, 5.74) is 0. The number of carbonyl (C=O) groups excluding carboxylic acids is 2. The molecule has 6 heteroatoms. The second-order valence-corrected chi connectivity index (χ2v) is 7.42. The molecule has 2 atom stereocenters. The fourth-order valence-electron chi connectivity index (χ4n) is 2.89. The lowest BCUT2D eigenvalue weighted by atomic mass is 10.00. The van der Waals surface area contributed by atoms with Crippen LogP contribution in [0.3, 0.4) is 0 Å². The third kappa shape index (κ3) is 12.3. The Labute approximate surface area is 171 Å². The smallest absolute Gasteiger partial charge is 0.295 e. The number of unbranched alkanes of at least 4 members (excludes halogenated alkanes) is 4. The van der Waals surface area contributed by atoms with E-state index in [1.54, 1.807) is 0 Å². The van der Waals surface area contributed by atoms with Crippen molar-refractivity contribution in [3.8, 4) is 0 Å². The first kappa shape index (κ1) is 26.9. The molecule has 0 aliphatic rings. The van der Waals surface area contributed by atoms with Gasteiger partial charge in [0.15, 0.2) is 0 Å². The van der Waals surface area contributed by atoms with Crippen molar-refractivity contribution in [3.63, 3.8) is 0 Å². The molecule has 0 aliphatic carbocycles. The van der Waals surface area contributed by atoms with Crippen molar-refractivity contribution >= 4 is 11.9 Å². The number of hydrogen-bond acceptors (Lipinski definition) is 6. The molecule has 6 nitrogen and oxygen atoms in total. The van der Waals surface area contributed by atoms with Crippen LogP contribution >= 0.6 is 0 Å². The first-order valence-corrected chi connectivity index (χ1v) is 11.3. The third-order valence-electron chi connectivity index (χ3n) is 4.98. The summed E-state index contributed by atoms with van der Waals surface area (Å²) < 4.78 is 0. The van der Waals surface area contributed by atoms with E-state index in [0.717, 1.165) is 57.8 Å². The molecule has 0 amide bonds. The molecule has 0 saturated carbocycles. The Morgan fingerprint density at radius 3 is 1.39 bits per heavy atom. The molecule has 0 saturated heterocycles. The van der Waals surface area contributed by atoms with Crippen molar-refractivity contribution in [1.29, 1.82) is 0 Å². The van der Waals surface area contributed by atoms with Crippen LogP contribution in [0, 0.1) is 11.8 Å². The average molecular weight is 403 g/mol. The molecule has 28 heavy (non-hydrogen) atoms. The highest BCUT2D eigenvalue weighted by molar-refractivity contribution is 5.72. The number of rotatable bonds is 18. The van der Waals surface area contributed by atoms with E-state index in [1.807, 2.05) is 13.8 Å². The van der Waals surface area contributed by atoms with Crippen LogP contribution < -0.4 is 0 Å². The minimum absolute atomic E-state index is 0.183. The van der Waals surface area contributed by atoms with Gasteiger partial charge in [0.05, 0.1) is 11.8 Å². The van der Waals surface area contributed by atoms with Gasteiger partial charge in [0.25, 0.3) is 0 Å². The maximum Gasteiger partial charge on any atom is 0.345 e. The van der Waals surface area contributed by atoms with Gasteiger partial charge >= 0.3 is 11.9 Å². The SMILES string of the molecule is CCCCCC(OOC(=O)C(CC)CCCC)OOC(=O)C(CC)CCCC. The van der Waals surface area contributed by atoms with E-state index in [9.17, 15) is 9.59 Å². The normalized spacial score (nSPS) is 14.3. The molecule has 0 fully saturated rings. The Morgan fingerprint density at radius 2 is 1.04 bits per heavy atom. The topological polar surface area (TPSA) is 71.1 Å². The summed E-state index contributed by atoms with van der Waals surface area (Å²) >= 11 is 0. The Morgan fingerprint density at radius 1 is 0.607 bits per heavy atom. The molecular formula is C22H42O6. The fraction of sp³-hybridized carbons (Fsp3) is 0.909. The van der Waals surface area contributed by atoms with Crippen LogP contribution in [0.5, 0.6) is 0 Å². The van der Waals surface area contributed by atoms with Crippen LogP contribution in [-0.4, -0.2) is 18.2 Å². The molecule has 0 aliphatic heterocycles. The quantitative estimate of drug-likeness (QED) is 0.116. The lowest BCUT2D eigenvalue weighted by Crippen LogP contribution is -2.26. The van der Waals surface area contributed by atoms with Crippen LogP contribution in [0.4, 0.5) is 0 Å². The molecule has 0 heterocycles. The van der Waals surface area contributed by atoms with Gasteiger partial charge in [0.2, 0.25) is 6.29 Å². The fourth-order valence-corrected chi connectivity index (χ4v) is 2.89. The van der Waals surface area contributed by atoms with Crippen molar-refractivity contribution in [3.05, 3.63) is 0 Å². The number of carbonyl (C=O) groups is 2. The van der Waals surface area contributed by atoms with E-state index in [2.05, 4.69) is 20.8 Å². The summed E-state index contributed by atoms with van der Waals surface area (Å²) in [4.78, 5) is 44.9. The van der Waals surface area contributed by atoms with Gasteiger partial charge in [-0.1, -0.05) is 73.1 Å². The zero-order chi connectivity index (χ0) is 21.2.